The van der Waals surface area contributed by atoms with Crippen molar-refractivity contribution < 1.29 is 0 Å². The van der Waals surface area contributed by atoms with E-state index in [-0.39, 0.29) is 6.71 Å². The van der Waals surface area contributed by atoms with E-state index in [1.807, 2.05) is 36.4 Å². The van der Waals surface area contributed by atoms with E-state index in [0.29, 0.717) is 17.5 Å². The van der Waals surface area contributed by atoms with Gasteiger partial charge in [-0.15, -0.1) is 0 Å². The highest BCUT2D eigenvalue weighted by Crippen LogP contribution is 2.47. The molecule has 0 saturated heterocycles. The maximum absolute atomic E-state index is 5.37. The zero-order valence-corrected chi connectivity index (χ0v) is 40.9. The Balaban J connectivity index is 1.07. The van der Waals surface area contributed by atoms with Crippen molar-refractivity contribution in [3.8, 4) is 78.7 Å². The number of hydrogen-bond acceptors (Lipinski definition) is 5. The number of nitrogens with zero attached hydrogens (tertiary/aromatic N) is 5. The van der Waals surface area contributed by atoms with Crippen molar-refractivity contribution >= 4 is 57.2 Å². The molecule has 0 unspecified atom stereocenters. The Bertz CT molecular complexity index is 3770. The van der Waals surface area contributed by atoms with Crippen LogP contribution < -0.4 is 26.2 Å². The molecule has 3 heterocycles. The van der Waals surface area contributed by atoms with Crippen molar-refractivity contribution in [1.29, 1.82) is 0 Å². The highest BCUT2D eigenvalue weighted by molar-refractivity contribution is 7.00. The normalized spacial score (nSPS) is 12.2. The lowest BCUT2D eigenvalue weighted by molar-refractivity contribution is 1.07. The second-order valence-corrected chi connectivity index (χ2v) is 19.2. The lowest BCUT2D eigenvalue weighted by atomic mass is 9.33. The smallest absolute Gasteiger partial charge is 0.252 e. The minimum absolute atomic E-state index is 0.154. The number of benzene rings is 11. The molecule has 0 bridgehead atoms. The lowest BCUT2D eigenvalue weighted by Gasteiger charge is -2.44. The summed E-state index contributed by atoms with van der Waals surface area (Å²) in [5, 5.41) is 0. The Hall–Kier alpha value is -9.91. The van der Waals surface area contributed by atoms with Crippen molar-refractivity contribution in [3.63, 3.8) is 0 Å². The molecule has 0 N–H and O–H groups in total. The second-order valence-electron chi connectivity index (χ2n) is 19.2. The first-order valence-electron chi connectivity index (χ1n) is 25.5. The fraction of sp³-hybridized carbons (Fsp3) is 0. The molecule has 0 fully saturated rings. The van der Waals surface area contributed by atoms with Gasteiger partial charge < -0.3 is 9.80 Å². The van der Waals surface area contributed by atoms with Gasteiger partial charge >= 0.3 is 0 Å². The summed E-state index contributed by atoms with van der Waals surface area (Å²) in [4.78, 5) is 20.8. The molecule has 5 nitrogen and oxygen atoms in total. The highest BCUT2D eigenvalue weighted by Gasteiger charge is 2.44. The van der Waals surface area contributed by atoms with Gasteiger partial charge in [0.2, 0.25) is 0 Å². The molecule has 6 heteroatoms. The van der Waals surface area contributed by atoms with E-state index in [2.05, 4.69) is 252 Å². The van der Waals surface area contributed by atoms with Crippen molar-refractivity contribution in [2.75, 3.05) is 9.80 Å². The predicted octanol–water partition coefficient (Wildman–Crippen LogP) is 15.6. The molecule has 2 aliphatic rings. The first-order valence-corrected chi connectivity index (χ1v) is 25.5. The van der Waals surface area contributed by atoms with E-state index in [0.717, 1.165) is 61.9 Å². The summed E-state index contributed by atoms with van der Waals surface area (Å²) in [7, 11) is 0. The second kappa shape index (κ2) is 18.6. The van der Waals surface area contributed by atoms with Crippen molar-refractivity contribution in [2.24, 2.45) is 0 Å². The molecule has 0 aliphatic carbocycles. The minimum Gasteiger partial charge on any atom is -0.311 e. The summed E-state index contributed by atoms with van der Waals surface area (Å²) in [6.45, 7) is -0.154. The summed E-state index contributed by atoms with van der Waals surface area (Å²) in [6.07, 6.45) is 0. The van der Waals surface area contributed by atoms with Crippen LogP contribution in [0.3, 0.4) is 0 Å². The van der Waals surface area contributed by atoms with E-state index in [4.69, 9.17) is 15.0 Å². The molecule has 0 spiro atoms. The van der Waals surface area contributed by atoms with Gasteiger partial charge in [-0.25, -0.2) is 15.0 Å². The molecular formula is C69H46BN5. The fourth-order valence-corrected chi connectivity index (χ4v) is 11.1. The summed E-state index contributed by atoms with van der Waals surface area (Å²) in [6, 6.07) is 100. The molecule has 0 radical (unpaired) electrons. The van der Waals surface area contributed by atoms with Gasteiger partial charge in [-0.2, -0.15) is 0 Å². The number of aromatic nitrogens is 3. The third-order valence-electron chi connectivity index (χ3n) is 14.7. The fourth-order valence-electron chi connectivity index (χ4n) is 11.1. The largest absolute Gasteiger partial charge is 0.311 e. The summed E-state index contributed by atoms with van der Waals surface area (Å²) in [5.41, 5.74) is 22.2. The standard InChI is InChI=1S/C69H46BN5/c1-7-19-47(20-8-1)51-31-37-58(38-32-51)74-62-41-35-55(49-23-11-3-12-24-49)43-60(62)70-61-44-56(50-25-13-4-14-26-50)36-42-63(61)75(59-39-33-52(34-40-59)48-21-9-2-10-22-48)65-46-57(45-64(74)66(65)70)69-72-67(53-27-15-5-16-28-53)71-68(73-69)54-29-17-6-18-30-54/h1-46H. The SMILES string of the molecule is c1ccc(-c2ccc(N3c4ccc(-c5ccccc5)cc4B4c5cc(-c6ccccc6)ccc5N(c5ccc(-c6ccccc6)cc5)c5cc(-c6nc(-c7ccccc7)nc(-c7ccccc7)n6)cc3c54)cc2)cc1. The van der Waals surface area contributed by atoms with Crippen LogP contribution in [0.2, 0.25) is 0 Å². The van der Waals surface area contributed by atoms with Gasteiger partial charge in [-0.05, 0) is 109 Å². The van der Waals surface area contributed by atoms with Crippen LogP contribution in [0.5, 0.6) is 0 Å². The average molecular weight is 956 g/mol. The lowest BCUT2D eigenvalue weighted by Crippen LogP contribution is -2.61. The quantitative estimate of drug-likeness (QED) is 0.135. The Kier molecular flexibility index (Phi) is 10.9. The van der Waals surface area contributed by atoms with E-state index in [9.17, 15) is 0 Å². The number of hydrogen-bond donors (Lipinski definition) is 0. The Morgan fingerprint density at radius 1 is 0.227 bits per heavy atom. The summed E-state index contributed by atoms with van der Waals surface area (Å²) < 4.78 is 0. The summed E-state index contributed by atoms with van der Waals surface area (Å²) >= 11 is 0. The first kappa shape index (κ1) is 43.8. The molecule has 1 aromatic heterocycles. The van der Waals surface area contributed by atoms with E-state index in [1.54, 1.807) is 0 Å². The van der Waals surface area contributed by atoms with E-state index >= 15 is 0 Å². The predicted molar refractivity (Wildman–Crippen MR) is 312 cm³/mol. The monoisotopic (exact) mass is 955 g/mol. The zero-order chi connectivity index (χ0) is 49.7. The van der Waals surface area contributed by atoms with Gasteiger partial charge in [-0.3, -0.25) is 0 Å². The highest BCUT2D eigenvalue weighted by atomic mass is 15.2. The maximum Gasteiger partial charge on any atom is 0.252 e. The number of rotatable bonds is 9. The van der Waals surface area contributed by atoms with Crippen molar-refractivity contribution in [3.05, 3.63) is 279 Å². The molecule has 12 aromatic rings. The van der Waals surface area contributed by atoms with Crippen LogP contribution in [0.4, 0.5) is 34.1 Å². The van der Waals surface area contributed by atoms with E-state index < -0.39 is 0 Å². The average Bonchev–Trinajstić information content (AvgIpc) is 3.51. The van der Waals surface area contributed by atoms with Gasteiger partial charge in [0.05, 0.1) is 0 Å². The number of anilines is 6. The topological polar surface area (TPSA) is 45.2 Å². The molecule has 350 valence electrons. The molecule has 0 amide bonds. The van der Waals surface area contributed by atoms with Crippen LogP contribution >= 0.6 is 0 Å². The van der Waals surface area contributed by atoms with Crippen LogP contribution in [-0.2, 0) is 0 Å². The molecule has 0 atom stereocenters. The zero-order valence-electron chi connectivity index (χ0n) is 40.9. The minimum atomic E-state index is -0.154. The molecule has 75 heavy (non-hydrogen) atoms. The molecule has 14 rings (SSSR count). The van der Waals surface area contributed by atoms with Gasteiger partial charge in [0.15, 0.2) is 17.5 Å². The van der Waals surface area contributed by atoms with Crippen LogP contribution in [0.15, 0.2) is 279 Å². The van der Waals surface area contributed by atoms with Gasteiger partial charge in [0, 0.05) is 50.8 Å². The van der Waals surface area contributed by atoms with Crippen LogP contribution in [0.1, 0.15) is 0 Å². The first-order chi connectivity index (χ1) is 37.2. The van der Waals surface area contributed by atoms with Crippen LogP contribution in [-0.4, -0.2) is 21.7 Å². The van der Waals surface area contributed by atoms with Crippen molar-refractivity contribution in [1.82, 2.24) is 15.0 Å². The maximum atomic E-state index is 5.37. The molecule has 0 saturated carbocycles. The number of fused-ring (bicyclic) bond motifs is 4. The third-order valence-corrected chi connectivity index (χ3v) is 14.7. The molecule has 11 aromatic carbocycles. The van der Waals surface area contributed by atoms with Crippen LogP contribution in [0, 0.1) is 0 Å². The Morgan fingerprint density at radius 3 is 0.853 bits per heavy atom. The summed E-state index contributed by atoms with van der Waals surface area (Å²) in [5.74, 6) is 1.82. The Morgan fingerprint density at radius 2 is 0.507 bits per heavy atom. The Labute approximate surface area is 437 Å². The van der Waals surface area contributed by atoms with Crippen molar-refractivity contribution in [2.45, 2.75) is 0 Å². The third kappa shape index (κ3) is 7.97. The van der Waals surface area contributed by atoms with Gasteiger partial charge in [0.25, 0.3) is 6.71 Å². The van der Waals surface area contributed by atoms with Crippen LogP contribution in [0.25, 0.3) is 78.7 Å². The molecular weight excluding hydrogens is 910 g/mol. The van der Waals surface area contributed by atoms with Gasteiger partial charge in [-0.1, -0.05) is 231 Å². The van der Waals surface area contributed by atoms with E-state index in [1.165, 1.54) is 49.8 Å². The molecule has 2 aliphatic heterocycles. The van der Waals surface area contributed by atoms with Gasteiger partial charge in [0.1, 0.15) is 0 Å².